The van der Waals surface area contributed by atoms with Gasteiger partial charge in [0.2, 0.25) is 5.91 Å². The molecule has 3 fully saturated rings. The highest BCUT2D eigenvalue weighted by Gasteiger charge is 2.48. The van der Waals surface area contributed by atoms with Crippen LogP contribution >= 0.6 is 0 Å². The molecule has 0 spiro atoms. The van der Waals surface area contributed by atoms with E-state index in [1.165, 1.54) is 19.3 Å². The number of carbonyl (C=O) groups is 2. The Bertz CT molecular complexity index is 623. The fourth-order valence-corrected chi connectivity index (χ4v) is 4.97. The first kappa shape index (κ1) is 15.7. The molecule has 2 amide bonds. The predicted octanol–water partition coefficient (Wildman–Crippen LogP) is 2.92. The van der Waals surface area contributed by atoms with Crippen molar-refractivity contribution in [3.8, 4) is 0 Å². The summed E-state index contributed by atoms with van der Waals surface area (Å²) < 4.78 is 5.35. The third-order valence-electron chi connectivity index (χ3n) is 6.16. The van der Waals surface area contributed by atoms with Crippen molar-refractivity contribution in [2.24, 2.45) is 11.8 Å². The van der Waals surface area contributed by atoms with Crippen LogP contribution in [0.1, 0.15) is 56.5 Å². The zero-order valence-electron chi connectivity index (χ0n) is 14.5. The number of furan rings is 1. The number of rotatable bonds is 2. The van der Waals surface area contributed by atoms with Crippen molar-refractivity contribution >= 4 is 11.8 Å². The van der Waals surface area contributed by atoms with E-state index in [1.807, 2.05) is 16.7 Å². The van der Waals surface area contributed by atoms with Gasteiger partial charge in [-0.25, -0.2) is 0 Å². The average Bonchev–Trinajstić information content (AvgIpc) is 3.27. The zero-order chi connectivity index (χ0) is 16.8. The van der Waals surface area contributed by atoms with Crippen LogP contribution in [0.5, 0.6) is 0 Å². The van der Waals surface area contributed by atoms with Crippen LogP contribution in [0.25, 0.3) is 0 Å². The van der Waals surface area contributed by atoms with E-state index in [0.29, 0.717) is 18.2 Å². The first-order valence-electron chi connectivity index (χ1n) is 9.19. The van der Waals surface area contributed by atoms with Crippen molar-refractivity contribution in [1.29, 1.82) is 0 Å². The minimum atomic E-state index is -0.0264. The highest BCUT2D eigenvalue weighted by molar-refractivity contribution is 5.92. The summed E-state index contributed by atoms with van der Waals surface area (Å²) in [5.74, 6) is 2.07. The Morgan fingerprint density at radius 1 is 1.12 bits per heavy atom. The number of fused-ring (bicyclic) bond motifs is 1. The zero-order valence-corrected chi connectivity index (χ0v) is 14.5. The second-order valence-electron chi connectivity index (χ2n) is 7.76. The summed E-state index contributed by atoms with van der Waals surface area (Å²) in [5, 5.41) is 0. The molecule has 1 aliphatic heterocycles. The molecule has 3 aliphatic rings. The van der Waals surface area contributed by atoms with Crippen LogP contribution in [0.15, 0.2) is 22.8 Å². The van der Waals surface area contributed by atoms with Crippen LogP contribution in [-0.2, 0) is 4.79 Å². The van der Waals surface area contributed by atoms with E-state index in [9.17, 15) is 9.59 Å². The second-order valence-corrected chi connectivity index (χ2v) is 7.76. The first-order valence-corrected chi connectivity index (χ1v) is 9.19. The standard InChI is InChI=1S/C19H26N2O3/c1-12-11-20(19(23)18-4-3-9-24-18)17-10-15(14-5-6-14)7-8-16(17)21(12)13(2)22/h3-4,9,12,14-17H,5-8,10-11H2,1-2H3/t12-,15?,16?,17?/m0/s1. The van der Waals surface area contributed by atoms with E-state index in [1.54, 1.807) is 25.3 Å². The maximum Gasteiger partial charge on any atom is 0.289 e. The fourth-order valence-electron chi connectivity index (χ4n) is 4.97. The second kappa shape index (κ2) is 5.94. The third-order valence-corrected chi connectivity index (χ3v) is 6.16. The molecule has 24 heavy (non-hydrogen) atoms. The maximum atomic E-state index is 13.0. The molecule has 1 aromatic heterocycles. The maximum absolute atomic E-state index is 13.0. The minimum Gasteiger partial charge on any atom is -0.459 e. The summed E-state index contributed by atoms with van der Waals surface area (Å²) in [6.07, 6.45) is 7.44. The Kier molecular flexibility index (Phi) is 3.89. The Hall–Kier alpha value is -1.78. The quantitative estimate of drug-likeness (QED) is 0.838. The number of hydrogen-bond acceptors (Lipinski definition) is 3. The van der Waals surface area contributed by atoms with Crippen molar-refractivity contribution in [3.05, 3.63) is 24.2 Å². The smallest absolute Gasteiger partial charge is 0.289 e. The predicted molar refractivity (Wildman–Crippen MR) is 89.4 cm³/mol. The monoisotopic (exact) mass is 330 g/mol. The number of piperazine rings is 1. The minimum absolute atomic E-state index is 0.0264. The van der Waals surface area contributed by atoms with Gasteiger partial charge in [0.05, 0.1) is 18.3 Å². The van der Waals surface area contributed by atoms with E-state index in [0.717, 1.165) is 18.8 Å². The summed E-state index contributed by atoms with van der Waals surface area (Å²) in [5.41, 5.74) is 0. The largest absolute Gasteiger partial charge is 0.459 e. The highest BCUT2D eigenvalue weighted by Crippen LogP contribution is 2.47. The summed E-state index contributed by atoms with van der Waals surface area (Å²) in [6.45, 7) is 4.30. The Balaban J connectivity index is 1.62. The average molecular weight is 330 g/mol. The molecule has 4 atom stereocenters. The van der Waals surface area contributed by atoms with Crippen molar-refractivity contribution in [3.63, 3.8) is 0 Å². The molecule has 1 saturated heterocycles. The Morgan fingerprint density at radius 3 is 2.50 bits per heavy atom. The lowest BCUT2D eigenvalue weighted by Gasteiger charge is -2.54. The summed E-state index contributed by atoms with van der Waals surface area (Å²) in [7, 11) is 0. The highest BCUT2D eigenvalue weighted by atomic mass is 16.3. The lowest BCUT2D eigenvalue weighted by atomic mass is 9.76. The van der Waals surface area contributed by atoms with Crippen molar-refractivity contribution in [2.75, 3.05) is 6.54 Å². The van der Waals surface area contributed by atoms with Crippen LogP contribution in [0.4, 0.5) is 0 Å². The number of nitrogens with zero attached hydrogens (tertiary/aromatic N) is 2. The van der Waals surface area contributed by atoms with E-state index in [2.05, 4.69) is 0 Å². The molecule has 2 heterocycles. The first-order chi connectivity index (χ1) is 11.6. The molecule has 130 valence electrons. The van der Waals surface area contributed by atoms with Gasteiger partial charge in [0.25, 0.3) is 5.91 Å². The van der Waals surface area contributed by atoms with Gasteiger partial charge >= 0.3 is 0 Å². The van der Waals surface area contributed by atoms with Gasteiger partial charge in [0, 0.05) is 19.5 Å². The lowest BCUT2D eigenvalue weighted by molar-refractivity contribution is -0.141. The summed E-state index contributed by atoms with van der Waals surface area (Å²) in [4.78, 5) is 29.2. The van der Waals surface area contributed by atoms with Gasteiger partial charge in [-0.05, 0) is 63.0 Å². The molecule has 3 unspecified atom stereocenters. The molecule has 5 nitrogen and oxygen atoms in total. The normalized spacial score (nSPS) is 33.2. The van der Waals surface area contributed by atoms with Gasteiger partial charge in [-0.15, -0.1) is 0 Å². The van der Waals surface area contributed by atoms with Gasteiger partial charge in [-0.1, -0.05) is 0 Å². The van der Waals surface area contributed by atoms with Crippen LogP contribution in [0, 0.1) is 11.8 Å². The molecular weight excluding hydrogens is 304 g/mol. The van der Waals surface area contributed by atoms with Gasteiger partial charge in [-0.2, -0.15) is 0 Å². The molecule has 0 bridgehead atoms. The van der Waals surface area contributed by atoms with Crippen LogP contribution in [0.3, 0.4) is 0 Å². The molecule has 1 aromatic rings. The molecule has 0 N–H and O–H groups in total. The third kappa shape index (κ3) is 2.64. The summed E-state index contributed by atoms with van der Waals surface area (Å²) in [6, 6.07) is 3.83. The van der Waals surface area contributed by atoms with E-state index >= 15 is 0 Å². The fraction of sp³-hybridized carbons (Fsp3) is 0.684. The van der Waals surface area contributed by atoms with E-state index in [4.69, 9.17) is 4.42 Å². The molecule has 0 aromatic carbocycles. The van der Waals surface area contributed by atoms with Crippen molar-refractivity contribution < 1.29 is 14.0 Å². The molecule has 2 saturated carbocycles. The van der Waals surface area contributed by atoms with E-state index in [-0.39, 0.29) is 29.9 Å². The van der Waals surface area contributed by atoms with Crippen LogP contribution < -0.4 is 0 Å². The SMILES string of the molecule is CC(=O)N1C2CCC(C3CC3)CC2N(C(=O)c2ccco2)C[C@@H]1C. The summed E-state index contributed by atoms with van der Waals surface area (Å²) >= 11 is 0. The molecule has 2 aliphatic carbocycles. The Morgan fingerprint density at radius 2 is 1.88 bits per heavy atom. The van der Waals surface area contributed by atoms with Crippen molar-refractivity contribution in [2.45, 2.75) is 64.1 Å². The van der Waals surface area contributed by atoms with Gasteiger partial charge < -0.3 is 14.2 Å². The number of amides is 2. The van der Waals surface area contributed by atoms with Crippen LogP contribution in [0.2, 0.25) is 0 Å². The molecular formula is C19H26N2O3. The van der Waals surface area contributed by atoms with Crippen LogP contribution in [-0.4, -0.2) is 46.3 Å². The van der Waals surface area contributed by atoms with Gasteiger partial charge in [0.1, 0.15) is 0 Å². The molecule has 0 radical (unpaired) electrons. The number of hydrogen-bond donors (Lipinski definition) is 0. The van der Waals surface area contributed by atoms with Crippen molar-refractivity contribution in [1.82, 2.24) is 9.80 Å². The lowest BCUT2D eigenvalue weighted by Crippen LogP contribution is -2.66. The van der Waals surface area contributed by atoms with E-state index < -0.39 is 0 Å². The molecule has 5 heteroatoms. The topological polar surface area (TPSA) is 53.8 Å². The van der Waals surface area contributed by atoms with Gasteiger partial charge in [0.15, 0.2) is 5.76 Å². The van der Waals surface area contributed by atoms with Gasteiger partial charge in [-0.3, -0.25) is 9.59 Å². The Labute approximate surface area is 143 Å². The number of carbonyl (C=O) groups excluding carboxylic acids is 2. The molecule has 4 rings (SSSR count).